The summed E-state index contributed by atoms with van der Waals surface area (Å²) >= 11 is 0. The molecule has 1 N–H and O–H groups in total. The van der Waals surface area contributed by atoms with Crippen LogP contribution in [0.25, 0.3) is 5.69 Å². The number of rotatable bonds is 7. The van der Waals surface area contributed by atoms with Crippen molar-refractivity contribution in [3.8, 4) is 17.2 Å². The van der Waals surface area contributed by atoms with Crippen LogP contribution in [-0.2, 0) is 0 Å². The Hall–Kier alpha value is -3.41. The van der Waals surface area contributed by atoms with Gasteiger partial charge in [-0.25, -0.2) is 4.79 Å². The molecule has 3 rings (SSSR count). The minimum Gasteiger partial charge on any atom is -0.497 e. The van der Waals surface area contributed by atoms with Crippen LogP contribution in [0.2, 0.25) is 0 Å². The summed E-state index contributed by atoms with van der Waals surface area (Å²) in [6.07, 6.45) is 3.92. The lowest BCUT2D eigenvalue weighted by Gasteiger charge is -2.18. The zero-order chi connectivity index (χ0) is 19.1. The number of urea groups is 1. The maximum Gasteiger partial charge on any atom is 0.321 e. The molecule has 0 aliphatic rings. The van der Waals surface area contributed by atoms with E-state index in [1.165, 1.54) is 0 Å². The van der Waals surface area contributed by atoms with E-state index in [1.807, 2.05) is 77.6 Å². The summed E-state index contributed by atoms with van der Waals surface area (Å²) in [6.45, 7) is 0.870. The molecule has 2 aromatic carbocycles. The fourth-order valence-electron chi connectivity index (χ4n) is 2.54. The van der Waals surface area contributed by atoms with Crippen molar-refractivity contribution < 1.29 is 14.3 Å². The van der Waals surface area contributed by atoms with Gasteiger partial charge in [-0.05, 0) is 54.6 Å². The second kappa shape index (κ2) is 8.80. The standard InChI is InChI=1S/C21H23N3O3/c1-23(14-15-27-20-10-8-19(26-2)9-11-20)21(25)22-17-6-5-7-18(16-17)24-12-3-4-13-24/h3-13,16H,14-15H2,1-2H3,(H,22,25). The molecule has 0 saturated carbocycles. The number of methoxy groups -OCH3 is 1. The number of amides is 2. The molecule has 0 unspecified atom stereocenters. The fourth-order valence-corrected chi connectivity index (χ4v) is 2.54. The number of carbonyl (C=O) groups is 1. The van der Waals surface area contributed by atoms with Gasteiger partial charge in [0.05, 0.1) is 13.7 Å². The third-order valence-electron chi connectivity index (χ3n) is 4.10. The number of ether oxygens (including phenoxy) is 2. The summed E-state index contributed by atoms with van der Waals surface area (Å²) < 4.78 is 12.8. The van der Waals surface area contributed by atoms with Gasteiger partial charge in [0, 0.05) is 30.8 Å². The van der Waals surface area contributed by atoms with E-state index in [1.54, 1.807) is 19.1 Å². The molecule has 6 nitrogen and oxygen atoms in total. The van der Waals surface area contributed by atoms with Crippen LogP contribution >= 0.6 is 0 Å². The molecule has 2 amide bonds. The molecular weight excluding hydrogens is 342 g/mol. The molecule has 0 atom stereocenters. The van der Waals surface area contributed by atoms with E-state index in [0.29, 0.717) is 13.2 Å². The first-order chi connectivity index (χ1) is 13.2. The Balaban J connectivity index is 1.49. The van der Waals surface area contributed by atoms with E-state index < -0.39 is 0 Å². The second-order valence-corrected chi connectivity index (χ2v) is 6.02. The number of benzene rings is 2. The SMILES string of the molecule is COc1ccc(OCCN(C)C(=O)Nc2cccc(-n3cccc3)c2)cc1. The Bertz CT molecular complexity index is 861. The van der Waals surface area contributed by atoms with Crippen molar-refractivity contribution in [3.05, 3.63) is 73.1 Å². The van der Waals surface area contributed by atoms with Crippen molar-refractivity contribution in [2.75, 3.05) is 32.6 Å². The van der Waals surface area contributed by atoms with E-state index in [0.717, 1.165) is 22.9 Å². The van der Waals surface area contributed by atoms with Crippen LogP contribution in [0.3, 0.4) is 0 Å². The first kappa shape index (κ1) is 18.4. The van der Waals surface area contributed by atoms with Gasteiger partial charge in [-0.3, -0.25) is 0 Å². The maximum atomic E-state index is 12.4. The normalized spacial score (nSPS) is 10.3. The number of nitrogens with one attached hydrogen (secondary N) is 1. The van der Waals surface area contributed by atoms with Gasteiger partial charge in [0.15, 0.2) is 0 Å². The highest BCUT2D eigenvalue weighted by Crippen LogP contribution is 2.17. The Kier molecular flexibility index (Phi) is 5.99. The van der Waals surface area contributed by atoms with E-state index in [2.05, 4.69) is 5.32 Å². The molecule has 27 heavy (non-hydrogen) atoms. The van der Waals surface area contributed by atoms with Gasteiger partial charge in [0.2, 0.25) is 0 Å². The average molecular weight is 365 g/mol. The van der Waals surface area contributed by atoms with Crippen molar-refractivity contribution in [2.24, 2.45) is 0 Å². The van der Waals surface area contributed by atoms with Crippen LogP contribution in [0.1, 0.15) is 0 Å². The molecule has 1 aromatic heterocycles. The largest absolute Gasteiger partial charge is 0.497 e. The Labute approximate surface area is 158 Å². The lowest BCUT2D eigenvalue weighted by Crippen LogP contribution is -2.34. The summed E-state index contributed by atoms with van der Waals surface area (Å²) in [5, 5.41) is 2.91. The fraction of sp³-hybridized carbons (Fsp3) is 0.190. The first-order valence-corrected chi connectivity index (χ1v) is 8.68. The maximum absolute atomic E-state index is 12.4. The van der Waals surface area contributed by atoms with Crippen LogP contribution < -0.4 is 14.8 Å². The van der Waals surface area contributed by atoms with E-state index in [9.17, 15) is 4.79 Å². The Morgan fingerprint density at radius 1 is 1.04 bits per heavy atom. The van der Waals surface area contributed by atoms with Crippen LogP contribution in [-0.4, -0.2) is 42.8 Å². The molecule has 0 radical (unpaired) electrons. The average Bonchev–Trinajstić information content (AvgIpc) is 3.23. The number of hydrogen-bond donors (Lipinski definition) is 1. The highest BCUT2D eigenvalue weighted by molar-refractivity contribution is 5.89. The van der Waals surface area contributed by atoms with Crippen LogP contribution in [0, 0.1) is 0 Å². The van der Waals surface area contributed by atoms with Gasteiger partial charge < -0.3 is 24.3 Å². The predicted octanol–water partition coefficient (Wildman–Crippen LogP) is 4.03. The third kappa shape index (κ3) is 5.04. The number of aromatic nitrogens is 1. The quantitative estimate of drug-likeness (QED) is 0.688. The Morgan fingerprint density at radius 3 is 2.44 bits per heavy atom. The van der Waals surface area contributed by atoms with Crippen molar-refractivity contribution in [2.45, 2.75) is 0 Å². The molecule has 0 aliphatic heterocycles. The highest BCUT2D eigenvalue weighted by Gasteiger charge is 2.09. The monoisotopic (exact) mass is 365 g/mol. The number of anilines is 1. The number of hydrogen-bond acceptors (Lipinski definition) is 3. The van der Waals surface area contributed by atoms with Crippen molar-refractivity contribution in [1.29, 1.82) is 0 Å². The van der Waals surface area contributed by atoms with Gasteiger partial charge in [-0.2, -0.15) is 0 Å². The molecule has 140 valence electrons. The molecule has 0 aliphatic carbocycles. The van der Waals surface area contributed by atoms with E-state index >= 15 is 0 Å². The Morgan fingerprint density at radius 2 is 1.74 bits per heavy atom. The molecule has 6 heteroatoms. The minimum absolute atomic E-state index is 0.182. The van der Waals surface area contributed by atoms with Crippen LogP contribution in [0.4, 0.5) is 10.5 Å². The topological polar surface area (TPSA) is 55.7 Å². The van der Waals surface area contributed by atoms with E-state index in [-0.39, 0.29) is 6.03 Å². The molecule has 0 saturated heterocycles. The van der Waals surface area contributed by atoms with Crippen molar-refractivity contribution in [1.82, 2.24) is 9.47 Å². The molecule has 0 spiro atoms. The molecule has 1 heterocycles. The smallest absolute Gasteiger partial charge is 0.321 e. The van der Waals surface area contributed by atoms with Crippen molar-refractivity contribution in [3.63, 3.8) is 0 Å². The summed E-state index contributed by atoms with van der Waals surface area (Å²) in [7, 11) is 3.36. The van der Waals surface area contributed by atoms with Gasteiger partial charge in [-0.15, -0.1) is 0 Å². The minimum atomic E-state index is -0.182. The summed E-state index contributed by atoms with van der Waals surface area (Å²) in [4.78, 5) is 14.0. The lowest BCUT2D eigenvalue weighted by molar-refractivity contribution is 0.207. The zero-order valence-corrected chi connectivity index (χ0v) is 15.5. The number of carbonyl (C=O) groups excluding carboxylic acids is 1. The van der Waals surface area contributed by atoms with Crippen LogP contribution in [0.5, 0.6) is 11.5 Å². The molecule has 0 fully saturated rings. The third-order valence-corrected chi connectivity index (χ3v) is 4.10. The summed E-state index contributed by atoms with van der Waals surface area (Å²) in [6, 6.07) is 18.8. The molecule has 3 aromatic rings. The predicted molar refractivity (Wildman–Crippen MR) is 106 cm³/mol. The van der Waals surface area contributed by atoms with Gasteiger partial charge in [0.25, 0.3) is 0 Å². The summed E-state index contributed by atoms with van der Waals surface area (Å²) in [5.74, 6) is 1.52. The summed E-state index contributed by atoms with van der Waals surface area (Å²) in [5.41, 5.74) is 1.73. The van der Waals surface area contributed by atoms with Crippen molar-refractivity contribution >= 4 is 11.7 Å². The van der Waals surface area contributed by atoms with Crippen LogP contribution in [0.15, 0.2) is 73.1 Å². The number of nitrogens with zero attached hydrogens (tertiary/aromatic N) is 2. The molecular formula is C21H23N3O3. The van der Waals surface area contributed by atoms with Gasteiger partial charge in [-0.1, -0.05) is 6.07 Å². The van der Waals surface area contributed by atoms with Gasteiger partial charge >= 0.3 is 6.03 Å². The first-order valence-electron chi connectivity index (χ1n) is 8.68. The lowest BCUT2D eigenvalue weighted by atomic mass is 10.2. The molecule has 0 bridgehead atoms. The van der Waals surface area contributed by atoms with E-state index in [4.69, 9.17) is 9.47 Å². The highest BCUT2D eigenvalue weighted by atomic mass is 16.5. The van der Waals surface area contributed by atoms with Gasteiger partial charge in [0.1, 0.15) is 18.1 Å². The zero-order valence-electron chi connectivity index (χ0n) is 15.5. The number of likely N-dealkylation sites (N-methyl/N-ethyl adjacent to an activating group) is 1. The second-order valence-electron chi connectivity index (χ2n) is 6.02.